The first-order valence-corrected chi connectivity index (χ1v) is 8.79. The summed E-state index contributed by atoms with van der Waals surface area (Å²) in [6.07, 6.45) is 0. The third kappa shape index (κ3) is 3.74. The first-order valence-electron chi connectivity index (χ1n) is 6.56. The van der Waals surface area contributed by atoms with E-state index in [9.17, 15) is 23.1 Å². The molecule has 0 bridgehead atoms. The molecular formula is C15H12BrNO6S. The van der Waals surface area contributed by atoms with Gasteiger partial charge in [-0.2, -0.15) is 0 Å². The lowest BCUT2D eigenvalue weighted by molar-refractivity contribution is -0.135. The summed E-state index contributed by atoms with van der Waals surface area (Å²) in [5.74, 6) is -2.76. The summed E-state index contributed by atoms with van der Waals surface area (Å²) in [5.41, 5.74) is -0.519. The molecule has 9 heteroatoms. The molecule has 0 aliphatic carbocycles. The SMILES string of the molecule is O=C(O)CN(c1ccccc1C(=O)O)S(=O)(=O)c1ccc(Br)cc1. The number of para-hydroxylation sites is 1. The number of aromatic carboxylic acids is 1. The van der Waals surface area contributed by atoms with Crippen LogP contribution >= 0.6 is 15.9 Å². The Bertz CT molecular complexity index is 879. The molecule has 0 radical (unpaired) electrons. The second-order valence-electron chi connectivity index (χ2n) is 4.68. The molecule has 2 N–H and O–H groups in total. The number of hydrogen-bond donors (Lipinski definition) is 2. The van der Waals surface area contributed by atoms with Crippen LogP contribution in [0.5, 0.6) is 0 Å². The molecule has 0 atom stereocenters. The van der Waals surface area contributed by atoms with Gasteiger partial charge in [0, 0.05) is 4.47 Å². The van der Waals surface area contributed by atoms with Crippen LogP contribution in [0.4, 0.5) is 5.69 Å². The lowest BCUT2D eigenvalue weighted by atomic mass is 10.2. The fraction of sp³-hybridized carbons (Fsp3) is 0.0667. The average Bonchev–Trinajstić information content (AvgIpc) is 2.52. The van der Waals surface area contributed by atoms with Crippen LogP contribution in [0.15, 0.2) is 57.9 Å². The molecule has 0 saturated heterocycles. The normalized spacial score (nSPS) is 11.0. The Kier molecular flexibility index (Phi) is 5.25. The second-order valence-corrected chi connectivity index (χ2v) is 7.46. The van der Waals surface area contributed by atoms with Crippen LogP contribution in [-0.4, -0.2) is 37.1 Å². The number of benzene rings is 2. The van der Waals surface area contributed by atoms with E-state index < -0.39 is 28.5 Å². The van der Waals surface area contributed by atoms with Crippen molar-refractivity contribution in [1.82, 2.24) is 0 Å². The fourth-order valence-electron chi connectivity index (χ4n) is 2.03. The van der Waals surface area contributed by atoms with E-state index in [1.807, 2.05) is 0 Å². The molecule has 0 aliphatic rings. The largest absolute Gasteiger partial charge is 0.480 e. The van der Waals surface area contributed by atoms with E-state index in [0.29, 0.717) is 8.78 Å². The molecule has 0 saturated carbocycles. The highest BCUT2D eigenvalue weighted by Gasteiger charge is 2.30. The van der Waals surface area contributed by atoms with E-state index in [1.165, 1.54) is 48.5 Å². The summed E-state index contributed by atoms with van der Waals surface area (Å²) in [5, 5.41) is 18.3. The zero-order chi connectivity index (χ0) is 17.9. The summed E-state index contributed by atoms with van der Waals surface area (Å²) in [6, 6.07) is 10.9. The molecule has 126 valence electrons. The predicted octanol–water partition coefficient (Wildman–Crippen LogP) is 2.43. The van der Waals surface area contributed by atoms with Gasteiger partial charge in [0.2, 0.25) is 0 Å². The van der Waals surface area contributed by atoms with Gasteiger partial charge < -0.3 is 10.2 Å². The average molecular weight is 414 g/mol. The molecule has 7 nitrogen and oxygen atoms in total. The van der Waals surface area contributed by atoms with Crippen LogP contribution in [0.2, 0.25) is 0 Å². The van der Waals surface area contributed by atoms with Crippen LogP contribution in [-0.2, 0) is 14.8 Å². The highest BCUT2D eigenvalue weighted by atomic mass is 79.9. The van der Waals surface area contributed by atoms with Crippen LogP contribution < -0.4 is 4.31 Å². The van der Waals surface area contributed by atoms with Gasteiger partial charge in [-0.15, -0.1) is 0 Å². The highest BCUT2D eigenvalue weighted by molar-refractivity contribution is 9.10. The van der Waals surface area contributed by atoms with E-state index in [-0.39, 0.29) is 16.1 Å². The third-order valence-corrected chi connectivity index (χ3v) is 5.39. The first kappa shape index (κ1) is 18.0. The van der Waals surface area contributed by atoms with Crippen LogP contribution in [0, 0.1) is 0 Å². The van der Waals surface area contributed by atoms with Crippen molar-refractivity contribution in [3.8, 4) is 0 Å². The molecular weight excluding hydrogens is 402 g/mol. The van der Waals surface area contributed by atoms with E-state index in [1.54, 1.807) is 0 Å². The molecule has 0 aromatic heterocycles. The molecule has 0 amide bonds. The molecule has 2 rings (SSSR count). The third-order valence-electron chi connectivity index (χ3n) is 3.08. The summed E-state index contributed by atoms with van der Waals surface area (Å²) in [4.78, 5) is 22.3. The van der Waals surface area contributed by atoms with Gasteiger partial charge in [-0.05, 0) is 36.4 Å². The molecule has 0 unspecified atom stereocenters. The van der Waals surface area contributed by atoms with Crippen molar-refractivity contribution in [2.24, 2.45) is 0 Å². The Labute approximate surface area is 146 Å². The second kappa shape index (κ2) is 7.02. The number of carboxylic acid groups (broad SMARTS) is 2. The minimum atomic E-state index is -4.25. The van der Waals surface area contributed by atoms with Gasteiger partial charge >= 0.3 is 11.9 Å². The number of hydrogen-bond acceptors (Lipinski definition) is 4. The summed E-state index contributed by atoms with van der Waals surface area (Å²) in [6.45, 7) is -0.900. The molecule has 0 spiro atoms. The minimum Gasteiger partial charge on any atom is -0.480 e. The molecule has 2 aromatic rings. The topological polar surface area (TPSA) is 112 Å². The molecule has 24 heavy (non-hydrogen) atoms. The number of carbonyl (C=O) groups is 2. The number of halogens is 1. The molecule has 2 aromatic carbocycles. The standard InChI is InChI=1S/C15H12BrNO6S/c16-10-5-7-11(8-6-10)24(22,23)17(9-14(18)19)13-4-2-1-3-12(13)15(20)21/h1-8H,9H2,(H,18,19)(H,20,21). The highest BCUT2D eigenvalue weighted by Crippen LogP contribution is 2.27. The van der Waals surface area contributed by atoms with Crippen molar-refractivity contribution in [2.75, 3.05) is 10.8 Å². The van der Waals surface area contributed by atoms with Crippen LogP contribution in [0.1, 0.15) is 10.4 Å². The van der Waals surface area contributed by atoms with Crippen molar-refractivity contribution >= 4 is 43.6 Å². The van der Waals surface area contributed by atoms with Crippen molar-refractivity contribution in [3.63, 3.8) is 0 Å². The fourth-order valence-corrected chi connectivity index (χ4v) is 3.73. The van der Waals surface area contributed by atoms with Crippen molar-refractivity contribution in [1.29, 1.82) is 0 Å². The number of sulfonamides is 1. The maximum atomic E-state index is 12.8. The molecule has 0 fully saturated rings. The number of carboxylic acids is 2. The summed E-state index contributed by atoms with van der Waals surface area (Å²) in [7, 11) is -4.25. The smallest absolute Gasteiger partial charge is 0.337 e. The van der Waals surface area contributed by atoms with Crippen LogP contribution in [0.3, 0.4) is 0 Å². The van der Waals surface area contributed by atoms with Crippen molar-refractivity contribution in [3.05, 3.63) is 58.6 Å². The van der Waals surface area contributed by atoms with Crippen molar-refractivity contribution in [2.45, 2.75) is 4.90 Å². The number of aliphatic carboxylic acids is 1. The zero-order valence-electron chi connectivity index (χ0n) is 12.1. The van der Waals surface area contributed by atoms with E-state index in [0.717, 1.165) is 0 Å². The molecule has 0 aliphatic heterocycles. The van der Waals surface area contributed by atoms with Gasteiger partial charge in [0.25, 0.3) is 10.0 Å². The van der Waals surface area contributed by atoms with Gasteiger partial charge in [-0.25, -0.2) is 13.2 Å². The number of anilines is 1. The Balaban J connectivity index is 2.63. The van der Waals surface area contributed by atoms with E-state index in [4.69, 9.17) is 5.11 Å². The lowest BCUT2D eigenvalue weighted by Crippen LogP contribution is -2.36. The Morgan fingerprint density at radius 2 is 1.58 bits per heavy atom. The van der Waals surface area contributed by atoms with E-state index >= 15 is 0 Å². The maximum absolute atomic E-state index is 12.8. The Morgan fingerprint density at radius 3 is 2.12 bits per heavy atom. The van der Waals surface area contributed by atoms with Crippen molar-refractivity contribution < 1.29 is 28.2 Å². The zero-order valence-corrected chi connectivity index (χ0v) is 14.5. The Hall–Kier alpha value is -2.39. The minimum absolute atomic E-state index is 0.146. The quantitative estimate of drug-likeness (QED) is 0.751. The van der Waals surface area contributed by atoms with Crippen LogP contribution in [0.25, 0.3) is 0 Å². The first-order chi connectivity index (χ1) is 11.2. The summed E-state index contributed by atoms with van der Waals surface area (Å²) < 4.78 is 26.8. The van der Waals surface area contributed by atoms with Gasteiger partial charge in [-0.1, -0.05) is 28.1 Å². The monoisotopic (exact) mass is 413 g/mol. The van der Waals surface area contributed by atoms with Gasteiger partial charge in [0.05, 0.1) is 16.1 Å². The maximum Gasteiger partial charge on any atom is 0.337 e. The predicted molar refractivity (Wildman–Crippen MR) is 89.7 cm³/mol. The van der Waals surface area contributed by atoms with E-state index in [2.05, 4.69) is 15.9 Å². The lowest BCUT2D eigenvalue weighted by Gasteiger charge is -2.24. The molecule has 0 heterocycles. The number of nitrogens with zero attached hydrogens (tertiary/aromatic N) is 1. The number of rotatable bonds is 6. The van der Waals surface area contributed by atoms with Gasteiger partial charge in [0.1, 0.15) is 6.54 Å². The summed E-state index contributed by atoms with van der Waals surface area (Å²) >= 11 is 3.18. The Morgan fingerprint density at radius 1 is 1.00 bits per heavy atom. The van der Waals surface area contributed by atoms with Gasteiger partial charge in [0.15, 0.2) is 0 Å². The van der Waals surface area contributed by atoms with Gasteiger partial charge in [-0.3, -0.25) is 9.10 Å².